The van der Waals surface area contributed by atoms with Crippen LogP contribution in [0.4, 0.5) is 22.0 Å². The number of alkyl halides is 5. The predicted molar refractivity (Wildman–Crippen MR) is 22.7 cm³/mol. The molecule has 0 aromatic carbocycles. The highest BCUT2D eigenvalue weighted by Crippen LogP contribution is 2.34. The molecule has 1 N–H and O–H groups in total. The third kappa shape index (κ3) is 1.56. The Morgan fingerprint density at radius 2 is 1.50 bits per heavy atom. The average molecular weight is 164 g/mol. The van der Waals surface area contributed by atoms with Crippen molar-refractivity contribution in [3.63, 3.8) is 0 Å². The average Bonchev–Trinajstić information content (AvgIpc) is 1.62. The summed E-state index contributed by atoms with van der Waals surface area (Å²) in [6.45, 7) is -0.0718. The van der Waals surface area contributed by atoms with Crippen LogP contribution in [0.1, 0.15) is 6.92 Å². The Labute approximate surface area is 53.5 Å². The molecule has 0 aliphatic heterocycles. The zero-order valence-electron chi connectivity index (χ0n) is 4.91. The summed E-state index contributed by atoms with van der Waals surface area (Å²) in [5, 5.41) is 7.53. The molecule has 0 amide bonds. The third-order valence-electron chi connectivity index (χ3n) is 0.998. The van der Waals surface area contributed by atoms with Crippen LogP contribution in [0, 0.1) is 0 Å². The van der Waals surface area contributed by atoms with Crippen LogP contribution in [0.2, 0.25) is 0 Å². The van der Waals surface area contributed by atoms with Gasteiger partial charge in [-0.15, -0.1) is 0 Å². The summed E-state index contributed by atoms with van der Waals surface area (Å²) >= 11 is 0. The summed E-state index contributed by atoms with van der Waals surface area (Å²) in [6.07, 6.45) is -8.91. The minimum Gasteiger partial charge on any atom is -0.334 e. The molecule has 1 nitrogen and oxygen atoms in total. The van der Waals surface area contributed by atoms with E-state index in [0.29, 0.717) is 0 Å². The molecule has 0 heterocycles. The predicted octanol–water partition coefficient (Wildman–Crippen LogP) is 1.56. The van der Waals surface area contributed by atoms with E-state index in [4.69, 9.17) is 5.11 Å². The first kappa shape index (κ1) is 9.61. The summed E-state index contributed by atoms with van der Waals surface area (Å²) in [7, 11) is 0. The molecule has 0 fully saturated rings. The lowest BCUT2D eigenvalue weighted by Crippen LogP contribution is -2.47. The van der Waals surface area contributed by atoms with Gasteiger partial charge < -0.3 is 5.11 Å². The van der Waals surface area contributed by atoms with Crippen LogP contribution in [-0.4, -0.2) is 23.3 Å². The van der Waals surface area contributed by atoms with E-state index in [1.165, 1.54) is 0 Å². The SMILES string of the molecule is CC(F)(C(F)F)C(O)(F)F. The van der Waals surface area contributed by atoms with Gasteiger partial charge in [0.25, 0.3) is 12.1 Å². The molecule has 0 rings (SSSR count). The maximum atomic E-state index is 12.0. The van der Waals surface area contributed by atoms with Crippen molar-refractivity contribution in [2.24, 2.45) is 0 Å². The number of rotatable bonds is 2. The van der Waals surface area contributed by atoms with Crippen LogP contribution < -0.4 is 0 Å². The Morgan fingerprint density at radius 1 is 1.20 bits per heavy atom. The molecule has 1 atom stereocenters. The first-order valence-electron chi connectivity index (χ1n) is 2.27. The Balaban J connectivity index is 4.40. The van der Waals surface area contributed by atoms with Gasteiger partial charge in [-0.25, -0.2) is 13.2 Å². The minimum absolute atomic E-state index is 0.0718. The lowest BCUT2D eigenvalue weighted by atomic mass is 10.1. The normalized spacial score (nSPS) is 19.2. The van der Waals surface area contributed by atoms with Crippen LogP contribution in [0.25, 0.3) is 0 Å². The molecule has 0 spiro atoms. The van der Waals surface area contributed by atoms with Crippen LogP contribution in [0.15, 0.2) is 0 Å². The van der Waals surface area contributed by atoms with Gasteiger partial charge in [-0.2, -0.15) is 8.78 Å². The van der Waals surface area contributed by atoms with E-state index >= 15 is 0 Å². The van der Waals surface area contributed by atoms with Crippen LogP contribution in [0.5, 0.6) is 0 Å². The van der Waals surface area contributed by atoms with E-state index < -0.39 is 18.2 Å². The van der Waals surface area contributed by atoms with Crippen molar-refractivity contribution in [1.82, 2.24) is 0 Å². The van der Waals surface area contributed by atoms with Crippen molar-refractivity contribution in [2.45, 2.75) is 25.1 Å². The Kier molecular flexibility index (Phi) is 2.24. The van der Waals surface area contributed by atoms with E-state index in [-0.39, 0.29) is 6.92 Å². The second kappa shape index (κ2) is 2.34. The summed E-state index contributed by atoms with van der Waals surface area (Å²) in [4.78, 5) is 0. The maximum Gasteiger partial charge on any atom is 0.392 e. The molecule has 0 aromatic heterocycles. The lowest BCUT2D eigenvalue weighted by molar-refractivity contribution is -0.304. The van der Waals surface area contributed by atoms with Crippen molar-refractivity contribution < 1.29 is 27.1 Å². The second-order valence-corrected chi connectivity index (χ2v) is 1.92. The smallest absolute Gasteiger partial charge is 0.334 e. The maximum absolute atomic E-state index is 12.0. The molecule has 0 bridgehead atoms. The van der Waals surface area contributed by atoms with Gasteiger partial charge in [0.2, 0.25) is 0 Å². The molecular weight excluding hydrogens is 159 g/mol. The molecule has 0 aliphatic carbocycles. The number of aliphatic hydroxyl groups is 1. The fourth-order valence-electron chi connectivity index (χ4n) is 0.131. The molecule has 10 heavy (non-hydrogen) atoms. The van der Waals surface area contributed by atoms with Crippen molar-refractivity contribution in [2.75, 3.05) is 0 Å². The Bertz CT molecular complexity index is 115. The summed E-state index contributed by atoms with van der Waals surface area (Å²) in [5.41, 5.74) is -4.17. The molecule has 1 unspecified atom stereocenters. The monoisotopic (exact) mass is 164 g/mol. The number of halogens is 5. The van der Waals surface area contributed by atoms with E-state index in [1.807, 2.05) is 0 Å². The second-order valence-electron chi connectivity index (χ2n) is 1.92. The third-order valence-corrected chi connectivity index (χ3v) is 0.998. The highest BCUT2D eigenvalue weighted by Gasteiger charge is 2.57. The highest BCUT2D eigenvalue weighted by molar-refractivity contribution is 4.83. The lowest BCUT2D eigenvalue weighted by Gasteiger charge is -2.23. The molecule has 6 heteroatoms. The van der Waals surface area contributed by atoms with Gasteiger partial charge in [0.1, 0.15) is 0 Å². The van der Waals surface area contributed by atoms with Gasteiger partial charge in [-0.3, -0.25) is 0 Å². The number of hydrogen-bond donors (Lipinski definition) is 1. The van der Waals surface area contributed by atoms with E-state index in [0.717, 1.165) is 0 Å². The Hall–Kier alpha value is -0.390. The van der Waals surface area contributed by atoms with Crippen LogP contribution >= 0.6 is 0 Å². The molecule has 0 radical (unpaired) electrons. The molecule has 0 aliphatic rings. The number of hydrogen-bond acceptors (Lipinski definition) is 1. The first-order chi connectivity index (χ1) is 4.19. The topological polar surface area (TPSA) is 20.2 Å². The quantitative estimate of drug-likeness (QED) is 0.614. The van der Waals surface area contributed by atoms with E-state index in [2.05, 4.69) is 0 Å². The molecule has 62 valence electrons. The van der Waals surface area contributed by atoms with Gasteiger partial charge in [0, 0.05) is 0 Å². The molecule has 0 aromatic rings. The van der Waals surface area contributed by atoms with E-state index in [9.17, 15) is 22.0 Å². The Morgan fingerprint density at radius 3 is 1.50 bits per heavy atom. The zero-order chi connectivity index (χ0) is 8.58. The fraction of sp³-hybridized carbons (Fsp3) is 1.00. The van der Waals surface area contributed by atoms with Crippen molar-refractivity contribution >= 4 is 0 Å². The van der Waals surface area contributed by atoms with Crippen LogP contribution in [0.3, 0.4) is 0 Å². The molecule has 0 saturated heterocycles. The van der Waals surface area contributed by atoms with Gasteiger partial charge in [0.05, 0.1) is 0 Å². The largest absolute Gasteiger partial charge is 0.392 e. The molecule has 0 saturated carbocycles. The summed E-state index contributed by atoms with van der Waals surface area (Å²) in [5.74, 6) is 0. The van der Waals surface area contributed by atoms with Gasteiger partial charge in [0.15, 0.2) is 0 Å². The van der Waals surface area contributed by atoms with Crippen molar-refractivity contribution in [3.05, 3.63) is 0 Å². The van der Waals surface area contributed by atoms with Crippen molar-refractivity contribution in [3.8, 4) is 0 Å². The van der Waals surface area contributed by atoms with Crippen molar-refractivity contribution in [1.29, 1.82) is 0 Å². The first-order valence-corrected chi connectivity index (χ1v) is 2.27. The highest BCUT2D eigenvalue weighted by atomic mass is 19.3. The van der Waals surface area contributed by atoms with Crippen LogP contribution in [-0.2, 0) is 0 Å². The minimum atomic E-state index is -5.00. The zero-order valence-corrected chi connectivity index (χ0v) is 4.91. The summed E-state index contributed by atoms with van der Waals surface area (Å²) < 4.78 is 57.5. The van der Waals surface area contributed by atoms with Gasteiger partial charge in [-0.1, -0.05) is 0 Å². The van der Waals surface area contributed by atoms with Gasteiger partial charge in [-0.05, 0) is 6.92 Å². The summed E-state index contributed by atoms with van der Waals surface area (Å²) in [6, 6.07) is 0. The van der Waals surface area contributed by atoms with E-state index in [1.54, 1.807) is 0 Å². The fourth-order valence-corrected chi connectivity index (χ4v) is 0.131. The molecular formula is C4H5F5O. The standard InChI is InChI=1S/C4H5F5O/c1-3(7,2(5)6)4(8,9)10/h2,10H,1H3. The van der Waals surface area contributed by atoms with Gasteiger partial charge >= 0.3 is 6.11 Å².